The molecule has 0 saturated heterocycles. The van der Waals surface area contributed by atoms with E-state index in [1.54, 1.807) is 17.4 Å². The summed E-state index contributed by atoms with van der Waals surface area (Å²) in [6.45, 7) is 2.12. The highest BCUT2D eigenvalue weighted by Gasteiger charge is 2.09. The third-order valence-corrected chi connectivity index (χ3v) is 4.26. The Morgan fingerprint density at radius 3 is 2.71 bits per heavy atom. The molecule has 0 spiro atoms. The Hall–Kier alpha value is -2.73. The van der Waals surface area contributed by atoms with E-state index in [0.717, 1.165) is 16.9 Å². The normalized spacial score (nSPS) is 11.0. The molecule has 0 radical (unpaired) electrons. The van der Waals surface area contributed by atoms with Gasteiger partial charge in [-0.25, -0.2) is 0 Å². The van der Waals surface area contributed by atoms with Crippen molar-refractivity contribution in [3.63, 3.8) is 0 Å². The number of aromatic nitrogens is 2. The highest BCUT2D eigenvalue weighted by atomic mass is 32.1. The van der Waals surface area contributed by atoms with Crippen LogP contribution in [0, 0.1) is 0 Å². The number of amides is 1. The predicted octanol–water partition coefficient (Wildman–Crippen LogP) is 3.94. The van der Waals surface area contributed by atoms with E-state index < -0.39 is 0 Å². The Morgan fingerprint density at radius 1 is 1.21 bits per heavy atom. The first-order chi connectivity index (χ1) is 11.7. The molecular weight excluding hydrogens is 322 g/mol. The monoisotopic (exact) mass is 339 g/mol. The number of thiophene rings is 1. The maximum Gasteiger partial charge on any atom is 0.322 e. The van der Waals surface area contributed by atoms with Gasteiger partial charge < -0.3 is 4.42 Å². The van der Waals surface area contributed by atoms with Gasteiger partial charge in [0.15, 0.2) is 0 Å². The lowest BCUT2D eigenvalue weighted by Crippen LogP contribution is -2.07. The fraction of sp³-hybridized carbons (Fsp3) is 0.167. The number of anilines is 1. The molecule has 0 saturated carbocycles. The van der Waals surface area contributed by atoms with Crippen molar-refractivity contribution >= 4 is 29.3 Å². The minimum absolute atomic E-state index is 0.107. The lowest BCUT2D eigenvalue weighted by molar-refractivity contribution is -0.112. The van der Waals surface area contributed by atoms with E-state index in [9.17, 15) is 4.79 Å². The molecule has 0 aliphatic rings. The maximum absolute atomic E-state index is 11.8. The fourth-order valence-electron chi connectivity index (χ4n) is 2.13. The highest BCUT2D eigenvalue weighted by molar-refractivity contribution is 7.10. The summed E-state index contributed by atoms with van der Waals surface area (Å²) in [6, 6.07) is 12.2. The van der Waals surface area contributed by atoms with E-state index in [-0.39, 0.29) is 11.9 Å². The van der Waals surface area contributed by atoms with Crippen LogP contribution in [0.25, 0.3) is 6.08 Å². The summed E-state index contributed by atoms with van der Waals surface area (Å²) >= 11 is 1.56. The van der Waals surface area contributed by atoms with Gasteiger partial charge in [0.2, 0.25) is 5.89 Å². The van der Waals surface area contributed by atoms with Crippen LogP contribution in [0.15, 0.2) is 52.3 Å². The van der Waals surface area contributed by atoms with Gasteiger partial charge in [-0.05, 0) is 35.1 Å². The zero-order valence-electron chi connectivity index (χ0n) is 13.2. The van der Waals surface area contributed by atoms with E-state index >= 15 is 0 Å². The third kappa shape index (κ3) is 4.39. The van der Waals surface area contributed by atoms with Crippen molar-refractivity contribution in [3.05, 3.63) is 69.7 Å². The summed E-state index contributed by atoms with van der Waals surface area (Å²) in [5.74, 6) is 0.169. The van der Waals surface area contributed by atoms with Crippen molar-refractivity contribution in [3.8, 4) is 0 Å². The Bertz CT molecular complexity index is 820. The first-order valence-electron chi connectivity index (χ1n) is 7.65. The molecule has 0 unspecified atom stereocenters. The largest absolute Gasteiger partial charge is 0.407 e. The Morgan fingerprint density at radius 2 is 2.00 bits per heavy atom. The summed E-state index contributed by atoms with van der Waals surface area (Å²) in [6.07, 6.45) is 4.74. The molecule has 6 heteroatoms. The molecule has 24 heavy (non-hydrogen) atoms. The molecule has 0 aliphatic heterocycles. The minimum atomic E-state index is -0.300. The quantitative estimate of drug-likeness (QED) is 0.691. The average Bonchev–Trinajstić information content (AvgIpc) is 3.26. The fourth-order valence-corrected chi connectivity index (χ4v) is 2.75. The molecular formula is C18H17N3O2S. The van der Waals surface area contributed by atoms with Crippen LogP contribution < -0.4 is 5.32 Å². The number of carbonyl (C=O) groups excluding carboxylic acids is 1. The van der Waals surface area contributed by atoms with Crippen molar-refractivity contribution in [2.24, 2.45) is 0 Å². The molecule has 1 amide bonds. The Kier molecular flexibility index (Phi) is 5.18. The minimum Gasteiger partial charge on any atom is -0.407 e. The molecule has 122 valence electrons. The lowest BCUT2D eigenvalue weighted by atomic mass is 10.1. The van der Waals surface area contributed by atoms with Crippen LogP contribution in [0.1, 0.15) is 28.8 Å². The van der Waals surface area contributed by atoms with E-state index in [4.69, 9.17) is 4.42 Å². The van der Waals surface area contributed by atoms with E-state index in [2.05, 4.69) is 34.6 Å². The Balaban J connectivity index is 1.57. The summed E-state index contributed by atoms with van der Waals surface area (Å²) < 4.78 is 5.47. The van der Waals surface area contributed by atoms with Crippen LogP contribution in [0.4, 0.5) is 6.01 Å². The summed E-state index contributed by atoms with van der Waals surface area (Å²) in [5, 5.41) is 12.3. The van der Waals surface area contributed by atoms with Crippen LogP contribution in [0.5, 0.6) is 0 Å². The van der Waals surface area contributed by atoms with Crippen LogP contribution in [-0.2, 0) is 17.6 Å². The topological polar surface area (TPSA) is 68.0 Å². The first-order valence-corrected chi connectivity index (χ1v) is 8.53. The van der Waals surface area contributed by atoms with Gasteiger partial charge in [0.05, 0.1) is 6.42 Å². The van der Waals surface area contributed by atoms with Gasteiger partial charge in [-0.3, -0.25) is 10.1 Å². The molecule has 2 aromatic heterocycles. The summed E-state index contributed by atoms with van der Waals surface area (Å²) in [7, 11) is 0. The second-order valence-corrected chi connectivity index (χ2v) is 6.17. The molecule has 2 heterocycles. The van der Waals surface area contributed by atoms with Gasteiger partial charge in [0.1, 0.15) is 0 Å². The van der Waals surface area contributed by atoms with E-state index in [0.29, 0.717) is 12.3 Å². The van der Waals surface area contributed by atoms with Crippen molar-refractivity contribution in [1.29, 1.82) is 0 Å². The number of nitrogens with one attached hydrogen (secondary N) is 1. The number of hydrogen-bond donors (Lipinski definition) is 1. The smallest absolute Gasteiger partial charge is 0.322 e. The number of carbonyl (C=O) groups is 1. The highest BCUT2D eigenvalue weighted by Crippen LogP contribution is 2.13. The molecule has 1 N–H and O–H groups in total. The van der Waals surface area contributed by atoms with E-state index in [1.165, 1.54) is 11.6 Å². The molecule has 0 aliphatic carbocycles. The molecule has 3 rings (SSSR count). The lowest BCUT2D eigenvalue weighted by Gasteiger charge is -1.99. The zero-order valence-corrected chi connectivity index (χ0v) is 14.0. The molecule has 1 aromatic carbocycles. The van der Waals surface area contributed by atoms with Crippen molar-refractivity contribution in [2.75, 3.05) is 5.32 Å². The predicted molar refractivity (Wildman–Crippen MR) is 94.9 cm³/mol. The molecule has 0 bridgehead atoms. The van der Waals surface area contributed by atoms with Crippen LogP contribution in [-0.4, -0.2) is 16.1 Å². The molecule has 5 nitrogen and oxygen atoms in total. The first kappa shape index (κ1) is 16.1. The van der Waals surface area contributed by atoms with Gasteiger partial charge in [0.25, 0.3) is 5.91 Å². The average molecular weight is 339 g/mol. The van der Waals surface area contributed by atoms with Crippen LogP contribution >= 0.6 is 11.3 Å². The van der Waals surface area contributed by atoms with Crippen molar-refractivity contribution in [2.45, 2.75) is 19.8 Å². The van der Waals surface area contributed by atoms with Crippen molar-refractivity contribution < 1.29 is 9.21 Å². The molecule has 0 atom stereocenters. The van der Waals surface area contributed by atoms with Gasteiger partial charge in [-0.2, -0.15) is 0 Å². The standard InChI is InChI=1S/C18H17N3O2S/c1-2-13-5-7-14(8-6-13)12-17-20-21-18(23-17)19-16(22)10-9-15-4-3-11-24-15/h3-11H,2,12H2,1H3,(H,19,21,22)/b10-9+. The maximum atomic E-state index is 11.8. The van der Waals surface area contributed by atoms with E-state index in [1.807, 2.05) is 29.6 Å². The van der Waals surface area contributed by atoms with Crippen LogP contribution in [0.3, 0.4) is 0 Å². The van der Waals surface area contributed by atoms with Crippen molar-refractivity contribution in [1.82, 2.24) is 10.2 Å². The van der Waals surface area contributed by atoms with Gasteiger partial charge in [-0.15, -0.1) is 16.4 Å². The number of benzene rings is 1. The number of hydrogen-bond acceptors (Lipinski definition) is 5. The molecule has 3 aromatic rings. The summed E-state index contributed by atoms with van der Waals surface area (Å²) in [5.41, 5.74) is 2.38. The Labute approximate surface area is 144 Å². The number of nitrogens with zero attached hydrogens (tertiary/aromatic N) is 2. The second kappa shape index (κ2) is 7.70. The SMILES string of the molecule is CCc1ccc(Cc2nnc(NC(=O)/C=C/c3cccs3)o2)cc1. The summed E-state index contributed by atoms with van der Waals surface area (Å²) in [4.78, 5) is 12.8. The number of rotatable bonds is 6. The molecule has 0 fully saturated rings. The van der Waals surface area contributed by atoms with Crippen LogP contribution in [0.2, 0.25) is 0 Å². The van der Waals surface area contributed by atoms with Gasteiger partial charge in [0, 0.05) is 11.0 Å². The third-order valence-electron chi connectivity index (χ3n) is 3.43. The van der Waals surface area contributed by atoms with Gasteiger partial charge in [-0.1, -0.05) is 42.4 Å². The zero-order chi connectivity index (χ0) is 16.8. The number of aryl methyl sites for hydroxylation is 1. The van der Waals surface area contributed by atoms with Gasteiger partial charge >= 0.3 is 6.01 Å². The second-order valence-electron chi connectivity index (χ2n) is 5.19.